The molecule has 0 bridgehead atoms. The van der Waals surface area contributed by atoms with E-state index in [-0.39, 0.29) is 22.8 Å². The third-order valence-corrected chi connectivity index (χ3v) is 6.82. The number of nitrogens with zero attached hydrogens (tertiary/aromatic N) is 4. The van der Waals surface area contributed by atoms with Crippen molar-refractivity contribution in [3.8, 4) is 5.69 Å². The number of nitro benzene ring substituents is 1. The summed E-state index contributed by atoms with van der Waals surface area (Å²) in [5.41, 5.74) is 0.777. The first-order valence-corrected chi connectivity index (χ1v) is 12.0. The summed E-state index contributed by atoms with van der Waals surface area (Å²) in [5.74, 6) is 0. The number of hydrogen-bond acceptors (Lipinski definition) is 7. The van der Waals surface area contributed by atoms with Crippen molar-refractivity contribution < 1.29 is 13.3 Å². The van der Waals surface area contributed by atoms with Crippen LogP contribution < -0.4 is 15.6 Å². The fourth-order valence-corrected chi connectivity index (χ4v) is 4.69. The molecule has 0 aliphatic rings. The number of sulfonamides is 1. The van der Waals surface area contributed by atoms with Crippen molar-refractivity contribution in [2.75, 3.05) is 10.0 Å². The molecule has 2 aromatic carbocycles. The molecule has 0 saturated carbocycles. The quantitative estimate of drug-likeness (QED) is 0.283. The molecule has 35 heavy (non-hydrogen) atoms. The Labute approximate surface area is 200 Å². The first kappa shape index (κ1) is 23.7. The van der Waals surface area contributed by atoms with Gasteiger partial charge in [-0.25, -0.2) is 13.1 Å². The van der Waals surface area contributed by atoms with Gasteiger partial charge in [-0.3, -0.25) is 29.3 Å². The van der Waals surface area contributed by atoms with Gasteiger partial charge < -0.3 is 5.32 Å². The molecule has 0 saturated heterocycles. The average Bonchev–Trinajstić information content (AvgIpc) is 3.06. The predicted molar refractivity (Wildman–Crippen MR) is 131 cm³/mol. The van der Waals surface area contributed by atoms with Gasteiger partial charge in [0.05, 0.1) is 21.2 Å². The van der Waals surface area contributed by atoms with Crippen LogP contribution in [0.1, 0.15) is 11.3 Å². The van der Waals surface area contributed by atoms with Gasteiger partial charge in [-0.15, -0.1) is 0 Å². The van der Waals surface area contributed by atoms with E-state index >= 15 is 0 Å². The summed E-state index contributed by atoms with van der Waals surface area (Å²) in [4.78, 5) is 27.7. The van der Waals surface area contributed by atoms with E-state index in [1.54, 1.807) is 68.8 Å². The Kier molecular flexibility index (Phi) is 6.38. The van der Waals surface area contributed by atoms with Gasteiger partial charge in [0.25, 0.3) is 21.3 Å². The van der Waals surface area contributed by atoms with Crippen molar-refractivity contribution in [1.29, 1.82) is 0 Å². The number of aromatic nitrogens is 3. The minimum atomic E-state index is -4.30. The van der Waals surface area contributed by atoms with E-state index in [1.165, 1.54) is 21.5 Å². The Morgan fingerprint density at radius 3 is 2.49 bits per heavy atom. The summed E-state index contributed by atoms with van der Waals surface area (Å²) >= 11 is 0. The topological polar surface area (TPSA) is 141 Å². The highest BCUT2D eigenvalue weighted by Gasteiger charge is 2.25. The summed E-state index contributed by atoms with van der Waals surface area (Å²) in [6, 6.07) is 15.8. The molecule has 4 rings (SSSR count). The van der Waals surface area contributed by atoms with Crippen LogP contribution in [0.2, 0.25) is 0 Å². The molecule has 12 heteroatoms. The first-order chi connectivity index (χ1) is 16.7. The fraction of sp³-hybridized carbons (Fsp3) is 0.130. The van der Waals surface area contributed by atoms with E-state index in [0.29, 0.717) is 11.4 Å². The number of nitro groups is 1. The monoisotopic (exact) mass is 494 g/mol. The molecule has 0 radical (unpaired) electrons. The van der Waals surface area contributed by atoms with Gasteiger partial charge >= 0.3 is 0 Å². The van der Waals surface area contributed by atoms with Crippen LogP contribution in [0.5, 0.6) is 0 Å². The van der Waals surface area contributed by atoms with Crippen LogP contribution in [0.4, 0.5) is 17.1 Å². The normalized spacial score (nSPS) is 11.3. The Bertz CT molecular complexity index is 1550. The van der Waals surface area contributed by atoms with E-state index < -0.39 is 26.2 Å². The van der Waals surface area contributed by atoms with E-state index in [4.69, 9.17) is 0 Å². The van der Waals surface area contributed by atoms with Gasteiger partial charge in [0, 0.05) is 32.1 Å². The molecule has 2 heterocycles. The van der Waals surface area contributed by atoms with Gasteiger partial charge in [-0.05, 0) is 42.8 Å². The Balaban J connectivity index is 1.66. The molecular weight excluding hydrogens is 472 g/mol. The SMILES string of the molecule is Cc1c(NS(=O)(=O)c2ccc(NCc3cccnc3)c([N+](=O)[O-])c2)c(=O)n(-c2ccccc2)n1C. The lowest BCUT2D eigenvalue weighted by Crippen LogP contribution is -2.23. The summed E-state index contributed by atoms with van der Waals surface area (Å²) in [5, 5.41) is 14.6. The smallest absolute Gasteiger partial charge is 0.296 e. The van der Waals surface area contributed by atoms with E-state index in [0.717, 1.165) is 11.6 Å². The molecule has 0 spiro atoms. The summed E-state index contributed by atoms with van der Waals surface area (Å²) in [6.07, 6.45) is 3.23. The van der Waals surface area contributed by atoms with E-state index in [9.17, 15) is 23.3 Å². The van der Waals surface area contributed by atoms with Crippen molar-refractivity contribution in [3.63, 3.8) is 0 Å². The summed E-state index contributed by atoms with van der Waals surface area (Å²) < 4.78 is 31.4. The molecule has 0 atom stereocenters. The zero-order valence-electron chi connectivity index (χ0n) is 18.9. The molecule has 180 valence electrons. The van der Waals surface area contributed by atoms with Crippen LogP contribution in [0.25, 0.3) is 5.69 Å². The van der Waals surface area contributed by atoms with Crippen molar-refractivity contribution in [2.45, 2.75) is 18.4 Å². The van der Waals surface area contributed by atoms with Gasteiger partial charge in [-0.1, -0.05) is 24.3 Å². The second-order valence-electron chi connectivity index (χ2n) is 7.69. The lowest BCUT2D eigenvalue weighted by atomic mass is 10.2. The molecule has 2 aromatic heterocycles. The largest absolute Gasteiger partial charge is 0.375 e. The minimum absolute atomic E-state index is 0.141. The average molecular weight is 495 g/mol. The highest BCUT2D eigenvalue weighted by Crippen LogP contribution is 2.29. The lowest BCUT2D eigenvalue weighted by Gasteiger charge is -2.10. The maximum absolute atomic E-state index is 13.1. The summed E-state index contributed by atoms with van der Waals surface area (Å²) in [6.45, 7) is 1.87. The van der Waals surface area contributed by atoms with Crippen molar-refractivity contribution in [3.05, 3.63) is 105 Å². The zero-order valence-corrected chi connectivity index (χ0v) is 19.7. The third kappa shape index (κ3) is 4.77. The lowest BCUT2D eigenvalue weighted by molar-refractivity contribution is -0.384. The number of rotatable bonds is 8. The van der Waals surface area contributed by atoms with Gasteiger partial charge in [0.1, 0.15) is 11.4 Å². The second kappa shape index (κ2) is 9.43. The maximum atomic E-state index is 13.1. The molecule has 4 aromatic rings. The predicted octanol–water partition coefficient (Wildman–Crippen LogP) is 3.20. The molecule has 0 unspecified atom stereocenters. The minimum Gasteiger partial charge on any atom is -0.375 e. The Hall–Kier alpha value is -4.45. The second-order valence-corrected chi connectivity index (χ2v) is 9.38. The molecular formula is C23H22N6O5S. The van der Waals surface area contributed by atoms with Crippen LogP contribution in [0.3, 0.4) is 0 Å². The van der Waals surface area contributed by atoms with Crippen molar-refractivity contribution >= 4 is 27.1 Å². The standard InChI is InChI=1S/C23H22N6O5S/c1-16-22(23(30)28(27(16)2)18-8-4-3-5-9-18)26-35(33,34)19-10-11-20(21(13-19)29(31)32)25-15-17-7-6-12-24-14-17/h3-14,25-26H,15H2,1-2H3. The molecule has 11 nitrogen and oxygen atoms in total. The highest BCUT2D eigenvalue weighted by atomic mass is 32.2. The maximum Gasteiger partial charge on any atom is 0.296 e. The van der Waals surface area contributed by atoms with Crippen molar-refractivity contribution in [2.24, 2.45) is 7.05 Å². The molecule has 2 N–H and O–H groups in total. The number of anilines is 2. The van der Waals surface area contributed by atoms with E-state index in [1.807, 2.05) is 0 Å². The van der Waals surface area contributed by atoms with Crippen molar-refractivity contribution in [1.82, 2.24) is 14.3 Å². The van der Waals surface area contributed by atoms with Gasteiger partial charge in [0.15, 0.2) is 0 Å². The number of benzene rings is 2. The number of hydrogen-bond donors (Lipinski definition) is 2. The van der Waals surface area contributed by atoms with Gasteiger partial charge in [-0.2, -0.15) is 0 Å². The summed E-state index contributed by atoms with van der Waals surface area (Å²) in [7, 11) is -2.67. The number of pyridine rings is 1. The number of nitrogens with one attached hydrogen (secondary N) is 2. The van der Waals surface area contributed by atoms with Crippen LogP contribution in [-0.4, -0.2) is 27.7 Å². The molecule has 0 aliphatic carbocycles. The molecule has 0 fully saturated rings. The third-order valence-electron chi connectivity index (χ3n) is 5.47. The zero-order chi connectivity index (χ0) is 25.2. The van der Waals surface area contributed by atoms with Crippen LogP contribution in [0.15, 0.2) is 82.7 Å². The molecule has 0 aliphatic heterocycles. The Morgan fingerprint density at radius 2 is 1.83 bits per heavy atom. The fourth-order valence-electron chi connectivity index (χ4n) is 3.56. The molecule has 0 amide bonds. The number of para-hydroxylation sites is 1. The van der Waals surface area contributed by atoms with E-state index in [2.05, 4.69) is 15.0 Å². The van der Waals surface area contributed by atoms with Crippen LogP contribution in [-0.2, 0) is 23.6 Å². The van der Waals surface area contributed by atoms with Crippen LogP contribution in [0, 0.1) is 17.0 Å². The first-order valence-electron chi connectivity index (χ1n) is 10.5. The van der Waals surface area contributed by atoms with Gasteiger partial charge in [0.2, 0.25) is 0 Å². The van der Waals surface area contributed by atoms with Crippen LogP contribution >= 0.6 is 0 Å². The Morgan fingerprint density at radius 1 is 1.09 bits per heavy atom. The highest BCUT2D eigenvalue weighted by molar-refractivity contribution is 7.92.